The van der Waals surface area contributed by atoms with Crippen molar-refractivity contribution in [3.63, 3.8) is 0 Å². The normalized spacial score (nSPS) is 28.9. The predicted octanol–water partition coefficient (Wildman–Crippen LogP) is -4.28. The third-order valence-electron chi connectivity index (χ3n) is 8.53. The summed E-state index contributed by atoms with van der Waals surface area (Å²) in [5, 5.41) is 87.9. The molecular formula is C32H60N6O13S3. The van der Waals surface area contributed by atoms with E-state index in [1.54, 1.807) is 0 Å². The quantitative estimate of drug-likeness (QED) is 0.0235. The molecule has 0 spiro atoms. The van der Waals surface area contributed by atoms with E-state index in [9.17, 15) is 55.2 Å². The first-order valence-electron chi connectivity index (χ1n) is 18.1. The fraction of sp³-hybridized carbons (Fsp3) is 0.875. The first kappa shape index (κ1) is 48.6. The van der Waals surface area contributed by atoms with E-state index in [0.29, 0.717) is 56.5 Å². The van der Waals surface area contributed by atoms with Crippen molar-refractivity contribution >= 4 is 58.2 Å². The minimum atomic E-state index is -1.55. The van der Waals surface area contributed by atoms with Crippen molar-refractivity contribution in [2.24, 2.45) is 10.7 Å². The summed E-state index contributed by atoms with van der Waals surface area (Å²) >= 11 is 3.23. The van der Waals surface area contributed by atoms with Gasteiger partial charge in [-0.05, 0) is 12.8 Å². The summed E-state index contributed by atoms with van der Waals surface area (Å²) in [7, 11) is 0. The zero-order valence-electron chi connectivity index (χ0n) is 30.6. The SMILES string of the molecule is CCCCCN=C(N)SCCCC(=O)NCCN(CCNC(=O)CSC1OC(CO)[C@H](O)[C@H](O)[C@H]1O)CCNC(=O)CSC1OC(CO)[C@H](O)[C@H](O)[C@H]1O. The van der Waals surface area contributed by atoms with Crippen LogP contribution in [0.4, 0.5) is 0 Å². The standard InChI is InChI=1S/C32H60N6O13S3/c1-2-3-4-7-37-32(33)52-14-5-6-21(41)34-8-11-38(12-9-35-22(42)17-53-30-28(48)26(46)24(44)19(15-39)50-30)13-10-36-23(43)18-54-31-29(49)27(47)25(45)20(16-40)51-31/h19-20,24-31,39-40,44-49H,2-18H2,1H3,(H2,33,37)(H,34,41)(H,35,42)(H,36,43)/t19?,20?,24-,25-,26-,27-,28+,29+,30?,31?/m0/s1. The highest BCUT2D eigenvalue weighted by Crippen LogP contribution is 2.29. The maximum Gasteiger partial charge on any atom is 0.230 e. The molecule has 2 fully saturated rings. The number of amidine groups is 1. The Balaban J connectivity index is 1.81. The Bertz CT molecular complexity index is 1080. The number of ether oxygens (including phenoxy) is 2. The molecule has 0 aromatic carbocycles. The smallest absolute Gasteiger partial charge is 0.230 e. The van der Waals surface area contributed by atoms with Crippen LogP contribution in [-0.4, -0.2) is 205 Å². The lowest BCUT2D eigenvalue weighted by Crippen LogP contribution is -2.57. The maximum absolute atomic E-state index is 12.6. The lowest BCUT2D eigenvalue weighted by Gasteiger charge is -2.39. The molecule has 3 amide bonds. The zero-order chi connectivity index (χ0) is 40.0. The van der Waals surface area contributed by atoms with E-state index in [2.05, 4.69) is 27.9 Å². The predicted molar refractivity (Wildman–Crippen MR) is 206 cm³/mol. The second-order valence-electron chi connectivity index (χ2n) is 12.8. The number of nitrogens with one attached hydrogen (secondary N) is 3. The van der Waals surface area contributed by atoms with E-state index in [1.165, 1.54) is 11.8 Å². The van der Waals surface area contributed by atoms with Crippen LogP contribution in [0.15, 0.2) is 4.99 Å². The number of hydrogen-bond donors (Lipinski definition) is 12. The van der Waals surface area contributed by atoms with Crippen LogP contribution in [0.5, 0.6) is 0 Å². The number of unbranched alkanes of at least 4 members (excludes halogenated alkanes) is 2. The Kier molecular flexibility index (Phi) is 24.5. The molecule has 0 aromatic rings. The van der Waals surface area contributed by atoms with Gasteiger partial charge in [-0.3, -0.25) is 24.3 Å². The largest absolute Gasteiger partial charge is 0.394 e. The molecular weight excluding hydrogens is 773 g/mol. The van der Waals surface area contributed by atoms with Gasteiger partial charge < -0.3 is 72.0 Å². The summed E-state index contributed by atoms with van der Waals surface area (Å²) < 4.78 is 10.8. The van der Waals surface area contributed by atoms with Crippen LogP contribution in [0.25, 0.3) is 0 Å². The fourth-order valence-electron chi connectivity index (χ4n) is 5.32. The molecule has 0 aliphatic carbocycles. The molecule has 0 aromatic heterocycles. The Morgan fingerprint density at radius 1 is 0.685 bits per heavy atom. The lowest BCUT2D eigenvalue weighted by atomic mass is 10.0. The molecule has 314 valence electrons. The zero-order valence-corrected chi connectivity index (χ0v) is 33.1. The van der Waals surface area contributed by atoms with Crippen molar-refractivity contribution < 1.29 is 64.7 Å². The molecule has 2 rings (SSSR count). The minimum Gasteiger partial charge on any atom is -0.394 e. The van der Waals surface area contributed by atoms with E-state index in [1.807, 2.05) is 4.90 Å². The maximum atomic E-state index is 12.6. The highest BCUT2D eigenvalue weighted by Gasteiger charge is 2.44. The number of rotatable bonds is 25. The van der Waals surface area contributed by atoms with Gasteiger partial charge in [0, 0.05) is 58.0 Å². The highest BCUT2D eigenvalue weighted by molar-refractivity contribution is 8.13. The first-order chi connectivity index (χ1) is 25.8. The second-order valence-corrected chi connectivity index (χ2v) is 16.1. The molecule has 4 unspecified atom stereocenters. The summed E-state index contributed by atoms with van der Waals surface area (Å²) in [4.78, 5) is 43.9. The molecule has 2 aliphatic heterocycles. The van der Waals surface area contributed by atoms with Gasteiger partial charge in [0.25, 0.3) is 0 Å². The summed E-state index contributed by atoms with van der Waals surface area (Å²) in [6, 6.07) is 0. The molecule has 0 radical (unpaired) electrons. The van der Waals surface area contributed by atoms with E-state index < -0.39 is 84.7 Å². The van der Waals surface area contributed by atoms with Gasteiger partial charge in [-0.1, -0.05) is 31.5 Å². The molecule has 13 N–H and O–H groups in total. The summed E-state index contributed by atoms with van der Waals surface area (Å²) in [6.45, 7) is 3.42. The summed E-state index contributed by atoms with van der Waals surface area (Å²) in [6.07, 6.45) is -7.07. The molecule has 2 saturated heterocycles. The van der Waals surface area contributed by atoms with Crippen LogP contribution in [0.3, 0.4) is 0 Å². The van der Waals surface area contributed by atoms with Gasteiger partial charge in [0.2, 0.25) is 17.7 Å². The van der Waals surface area contributed by atoms with Crippen LogP contribution in [0.1, 0.15) is 39.0 Å². The number of nitrogens with zero attached hydrogens (tertiary/aromatic N) is 2. The van der Waals surface area contributed by atoms with Crippen molar-refractivity contribution in [3.05, 3.63) is 0 Å². The number of carbonyl (C=O) groups is 3. The van der Waals surface area contributed by atoms with Crippen molar-refractivity contribution in [2.45, 2.75) is 98.7 Å². The average molecular weight is 833 g/mol. The second kappa shape index (κ2) is 27.2. The van der Waals surface area contributed by atoms with Crippen LogP contribution in [-0.2, 0) is 23.9 Å². The van der Waals surface area contributed by atoms with Crippen molar-refractivity contribution in [1.29, 1.82) is 0 Å². The van der Waals surface area contributed by atoms with Gasteiger partial charge in [0.05, 0.1) is 24.7 Å². The number of aliphatic hydroxyl groups is 8. The average Bonchev–Trinajstić information content (AvgIpc) is 3.15. The molecule has 0 saturated carbocycles. The van der Waals surface area contributed by atoms with Crippen LogP contribution in [0.2, 0.25) is 0 Å². The van der Waals surface area contributed by atoms with Gasteiger partial charge >= 0.3 is 0 Å². The van der Waals surface area contributed by atoms with Crippen LogP contribution in [0, 0.1) is 0 Å². The Morgan fingerprint density at radius 2 is 1.15 bits per heavy atom. The number of amides is 3. The minimum absolute atomic E-state index is 0.133. The molecule has 0 bridgehead atoms. The summed E-state index contributed by atoms with van der Waals surface area (Å²) in [5.41, 5.74) is 3.83. The Hall–Kier alpha value is -1.51. The molecule has 54 heavy (non-hydrogen) atoms. The van der Waals surface area contributed by atoms with Crippen molar-refractivity contribution in [2.75, 3.05) is 76.3 Å². The Labute approximate surface area is 328 Å². The third-order valence-corrected chi connectivity index (χ3v) is 11.7. The van der Waals surface area contributed by atoms with Crippen LogP contribution >= 0.6 is 35.3 Å². The topological polar surface area (TPSA) is 309 Å². The van der Waals surface area contributed by atoms with Crippen molar-refractivity contribution in [1.82, 2.24) is 20.9 Å². The summed E-state index contributed by atoms with van der Waals surface area (Å²) in [5.74, 6) is -0.552. The van der Waals surface area contributed by atoms with Gasteiger partial charge in [-0.2, -0.15) is 0 Å². The number of aliphatic imine (C=N–C) groups is 1. The molecule has 19 nitrogen and oxygen atoms in total. The number of thioether (sulfide) groups is 3. The van der Waals surface area contributed by atoms with Crippen LogP contribution < -0.4 is 21.7 Å². The van der Waals surface area contributed by atoms with E-state index in [0.717, 1.165) is 42.8 Å². The highest BCUT2D eigenvalue weighted by atomic mass is 32.2. The van der Waals surface area contributed by atoms with Crippen molar-refractivity contribution in [3.8, 4) is 0 Å². The van der Waals surface area contributed by atoms with E-state index in [-0.39, 0.29) is 30.5 Å². The number of aliphatic hydroxyl groups excluding tert-OH is 8. The molecule has 2 heterocycles. The lowest BCUT2D eigenvalue weighted by molar-refractivity contribution is -0.205. The van der Waals surface area contributed by atoms with E-state index >= 15 is 0 Å². The number of hydrogen-bond acceptors (Lipinski definition) is 18. The van der Waals surface area contributed by atoms with Gasteiger partial charge in [-0.25, -0.2) is 0 Å². The molecule has 22 heteroatoms. The first-order valence-corrected chi connectivity index (χ1v) is 21.2. The Morgan fingerprint density at radius 3 is 1.59 bits per heavy atom. The van der Waals surface area contributed by atoms with E-state index in [4.69, 9.17) is 15.2 Å². The number of nitrogens with two attached hydrogens (primary N) is 1. The van der Waals surface area contributed by atoms with Gasteiger partial charge in [-0.15, -0.1) is 23.5 Å². The van der Waals surface area contributed by atoms with Gasteiger partial charge in [0.15, 0.2) is 5.17 Å². The monoisotopic (exact) mass is 832 g/mol. The molecule has 10 atom stereocenters. The molecule has 2 aliphatic rings. The van der Waals surface area contributed by atoms with Gasteiger partial charge in [0.1, 0.15) is 59.7 Å². The third kappa shape index (κ3) is 17.7. The fourth-order valence-corrected chi connectivity index (χ4v) is 7.99. The number of carbonyl (C=O) groups excluding carboxylic acids is 3.